The first kappa shape index (κ1) is 21.9. The maximum Gasteiger partial charge on any atom is 0.337 e. The molecule has 0 saturated carbocycles. The molecule has 0 aliphatic carbocycles. The van der Waals surface area contributed by atoms with Crippen LogP contribution in [0.2, 0.25) is 0 Å². The standard InChI is InChI=1S/C26H22N4O2S/c31-25(27-20-15-17-22(18-16-20)32-21-11-5-2-6-12-21)29-30-26(33)28-24-14-8-7-13-23(24)19-9-3-1-4-10-19/h1-18H,(H2,27,29,31)(H2,28,30,33). The minimum absolute atomic E-state index is 0.264. The van der Waals surface area contributed by atoms with Crippen molar-refractivity contribution in [1.29, 1.82) is 0 Å². The van der Waals surface area contributed by atoms with Crippen LogP contribution in [0.15, 0.2) is 109 Å². The normalized spacial score (nSPS) is 10.1. The summed E-state index contributed by atoms with van der Waals surface area (Å²) in [5, 5.41) is 6.12. The van der Waals surface area contributed by atoms with Crippen molar-refractivity contribution in [2.24, 2.45) is 0 Å². The largest absolute Gasteiger partial charge is 0.457 e. The summed E-state index contributed by atoms with van der Waals surface area (Å²) in [6.07, 6.45) is 0. The molecule has 4 aromatic carbocycles. The van der Waals surface area contributed by atoms with Crippen molar-refractivity contribution in [1.82, 2.24) is 10.9 Å². The second kappa shape index (κ2) is 10.8. The number of benzene rings is 4. The number of ether oxygens (including phenoxy) is 1. The Morgan fingerprint density at radius 1 is 0.636 bits per heavy atom. The summed E-state index contributed by atoms with van der Waals surface area (Å²) in [5.41, 5.74) is 8.75. The molecule has 0 heterocycles. The highest BCUT2D eigenvalue weighted by Crippen LogP contribution is 2.27. The molecule has 2 amide bonds. The molecular formula is C26H22N4O2S. The third-order valence-electron chi connectivity index (χ3n) is 4.64. The summed E-state index contributed by atoms with van der Waals surface area (Å²) in [4.78, 5) is 12.2. The number of urea groups is 1. The van der Waals surface area contributed by atoms with Crippen LogP contribution in [0.25, 0.3) is 11.1 Å². The van der Waals surface area contributed by atoms with E-state index in [2.05, 4.69) is 21.5 Å². The van der Waals surface area contributed by atoms with Crippen molar-refractivity contribution in [3.05, 3.63) is 109 Å². The zero-order valence-corrected chi connectivity index (χ0v) is 18.4. The fourth-order valence-electron chi connectivity index (χ4n) is 3.12. The Bertz CT molecular complexity index is 1220. The number of thiocarbonyl (C=S) groups is 1. The third-order valence-corrected chi connectivity index (χ3v) is 4.84. The molecule has 0 aromatic heterocycles. The molecular weight excluding hydrogens is 432 g/mol. The first-order valence-electron chi connectivity index (χ1n) is 10.3. The van der Waals surface area contributed by atoms with Gasteiger partial charge in [0.05, 0.1) is 0 Å². The Morgan fingerprint density at radius 3 is 1.97 bits per heavy atom. The number of hydrogen-bond donors (Lipinski definition) is 4. The molecule has 7 heteroatoms. The van der Waals surface area contributed by atoms with Crippen LogP contribution in [-0.4, -0.2) is 11.1 Å². The number of rotatable bonds is 5. The van der Waals surface area contributed by atoms with Gasteiger partial charge in [0.2, 0.25) is 0 Å². The molecule has 4 N–H and O–H groups in total. The van der Waals surface area contributed by atoms with Gasteiger partial charge in [0.1, 0.15) is 11.5 Å². The summed E-state index contributed by atoms with van der Waals surface area (Å²) in [7, 11) is 0. The van der Waals surface area contributed by atoms with Gasteiger partial charge in [-0.2, -0.15) is 0 Å². The highest BCUT2D eigenvalue weighted by molar-refractivity contribution is 7.80. The lowest BCUT2D eigenvalue weighted by atomic mass is 10.0. The van der Waals surface area contributed by atoms with Crippen molar-refractivity contribution in [3.63, 3.8) is 0 Å². The van der Waals surface area contributed by atoms with Crippen molar-refractivity contribution in [2.75, 3.05) is 10.6 Å². The molecule has 0 radical (unpaired) electrons. The van der Waals surface area contributed by atoms with E-state index in [1.807, 2.05) is 84.9 Å². The number of para-hydroxylation sites is 2. The van der Waals surface area contributed by atoms with Crippen LogP contribution < -0.4 is 26.2 Å². The third kappa shape index (κ3) is 6.32. The van der Waals surface area contributed by atoms with E-state index in [1.54, 1.807) is 24.3 Å². The predicted octanol–water partition coefficient (Wildman–Crippen LogP) is 6.17. The average molecular weight is 455 g/mol. The van der Waals surface area contributed by atoms with E-state index in [0.717, 1.165) is 22.6 Å². The molecule has 6 nitrogen and oxygen atoms in total. The Kier molecular flexibility index (Phi) is 7.15. The van der Waals surface area contributed by atoms with Crippen LogP contribution >= 0.6 is 12.2 Å². The van der Waals surface area contributed by atoms with E-state index < -0.39 is 6.03 Å². The van der Waals surface area contributed by atoms with E-state index in [0.29, 0.717) is 11.4 Å². The highest BCUT2D eigenvalue weighted by atomic mass is 32.1. The number of amides is 2. The van der Waals surface area contributed by atoms with E-state index in [1.165, 1.54) is 0 Å². The van der Waals surface area contributed by atoms with Gasteiger partial charge in [0.15, 0.2) is 5.11 Å². The molecule has 0 spiro atoms. The second-order valence-corrected chi connectivity index (χ2v) is 7.42. The first-order chi connectivity index (χ1) is 16.2. The Balaban J connectivity index is 1.28. The second-order valence-electron chi connectivity index (χ2n) is 7.01. The Hall–Kier alpha value is -4.36. The average Bonchev–Trinajstić information content (AvgIpc) is 2.85. The number of hydrogen-bond acceptors (Lipinski definition) is 3. The number of carbonyl (C=O) groups is 1. The molecule has 0 saturated heterocycles. The summed E-state index contributed by atoms with van der Waals surface area (Å²) in [6.45, 7) is 0. The van der Waals surface area contributed by atoms with Crippen LogP contribution in [-0.2, 0) is 0 Å². The van der Waals surface area contributed by atoms with Gasteiger partial charge >= 0.3 is 6.03 Å². The van der Waals surface area contributed by atoms with E-state index in [9.17, 15) is 4.79 Å². The van der Waals surface area contributed by atoms with Crippen LogP contribution in [0, 0.1) is 0 Å². The molecule has 0 atom stereocenters. The molecule has 0 unspecified atom stereocenters. The van der Waals surface area contributed by atoms with Gasteiger partial charge in [0.25, 0.3) is 0 Å². The van der Waals surface area contributed by atoms with Crippen LogP contribution in [0.1, 0.15) is 0 Å². The van der Waals surface area contributed by atoms with Crippen molar-refractivity contribution < 1.29 is 9.53 Å². The number of carbonyl (C=O) groups excluding carboxylic acids is 1. The minimum atomic E-state index is -0.452. The fourth-order valence-corrected chi connectivity index (χ4v) is 3.28. The van der Waals surface area contributed by atoms with E-state index in [4.69, 9.17) is 17.0 Å². The summed E-state index contributed by atoms with van der Waals surface area (Å²) < 4.78 is 5.75. The highest BCUT2D eigenvalue weighted by Gasteiger charge is 2.07. The molecule has 0 fully saturated rings. The minimum Gasteiger partial charge on any atom is -0.457 e. The first-order valence-corrected chi connectivity index (χ1v) is 10.7. The van der Waals surface area contributed by atoms with E-state index >= 15 is 0 Å². The van der Waals surface area contributed by atoms with Gasteiger partial charge in [-0.05, 0) is 60.2 Å². The molecule has 33 heavy (non-hydrogen) atoms. The fraction of sp³-hybridized carbons (Fsp3) is 0. The van der Waals surface area contributed by atoms with Crippen molar-refractivity contribution in [2.45, 2.75) is 0 Å². The Morgan fingerprint density at radius 2 is 1.24 bits per heavy atom. The SMILES string of the molecule is O=C(NNC(=S)Nc1ccccc1-c1ccccc1)Nc1ccc(Oc2ccccc2)cc1. The molecule has 0 aliphatic rings. The number of anilines is 2. The Labute approximate surface area is 197 Å². The van der Waals surface area contributed by atoms with Gasteiger partial charge < -0.3 is 15.4 Å². The molecule has 4 rings (SSSR count). The lowest BCUT2D eigenvalue weighted by Crippen LogP contribution is -2.45. The van der Waals surface area contributed by atoms with Crippen molar-refractivity contribution in [3.8, 4) is 22.6 Å². The summed E-state index contributed by atoms with van der Waals surface area (Å²) in [6, 6.07) is 33.9. The van der Waals surface area contributed by atoms with Gasteiger partial charge in [0, 0.05) is 16.9 Å². The zero-order valence-electron chi connectivity index (χ0n) is 17.6. The molecule has 4 aromatic rings. The van der Waals surface area contributed by atoms with Gasteiger partial charge in [-0.1, -0.05) is 66.7 Å². The molecule has 164 valence electrons. The monoisotopic (exact) mass is 454 g/mol. The van der Waals surface area contributed by atoms with Gasteiger partial charge in [-0.15, -0.1) is 0 Å². The lowest BCUT2D eigenvalue weighted by molar-refractivity contribution is 0.250. The summed E-state index contributed by atoms with van der Waals surface area (Å²) >= 11 is 5.33. The topological polar surface area (TPSA) is 74.4 Å². The maximum atomic E-state index is 12.2. The molecule has 0 aliphatic heterocycles. The smallest absolute Gasteiger partial charge is 0.337 e. The van der Waals surface area contributed by atoms with E-state index in [-0.39, 0.29) is 5.11 Å². The van der Waals surface area contributed by atoms with Crippen LogP contribution in [0.3, 0.4) is 0 Å². The van der Waals surface area contributed by atoms with Crippen LogP contribution in [0.4, 0.5) is 16.2 Å². The summed E-state index contributed by atoms with van der Waals surface area (Å²) in [5.74, 6) is 1.42. The van der Waals surface area contributed by atoms with Gasteiger partial charge in [-0.3, -0.25) is 5.43 Å². The van der Waals surface area contributed by atoms with Crippen LogP contribution in [0.5, 0.6) is 11.5 Å². The number of hydrazine groups is 1. The number of nitrogens with one attached hydrogen (secondary N) is 4. The maximum absolute atomic E-state index is 12.2. The predicted molar refractivity (Wildman–Crippen MR) is 136 cm³/mol. The lowest BCUT2D eigenvalue weighted by Gasteiger charge is -2.15. The molecule has 0 bridgehead atoms. The quantitative estimate of drug-likeness (QED) is 0.214. The zero-order chi connectivity index (χ0) is 22.9. The van der Waals surface area contributed by atoms with Crippen molar-refractivity contribution >= 4 is 34.7 Å². The van der Waals surface area contributed by atoms with Gasteiger partial charge in [-0.25, -0.2) is 10.2 Å².